The van der Waals surface area contributed by atoms with Crippen molar-refractivity contribution in [3.8, 4) is 0 Å². The van der Waals surface area contributed by atoms with Gasteiger partial charge in [0.15, 0.2) is 0 Å². The number of benzene rings is 1. The van der Waals surface area contributed by atoms with Gasteiger partial charge in [0, 0.05) is 11.3 Å². The van der Waals surface area contributed by atoms with Crippen molar-refractivity contribution in [3.05, 3.63) is 35.9 Å². The second-order valence-electron chi connectivity index (χ2n) is 4.81. The molecule has 82 valence electrons. The minimum Gasteiger partial charge on any atom is -0.282 e. The van der Waals surface area contributed by atoms with Gasteiger partial charge in [0.05, 0.1) is 0 Å². The second-order valence-corrected chi connectivity index (χ2v) is 5.88. The lowest BCUT2D eigenvalue weighted by molar-refractivity contribution is 0.108. The van der Waals surface area contributed by atoms with E-state index in [-0.39, 0.29) is 5.12 Å². The predicted octanol–water partition coefficient (Wildman–Crippen LogP) is 4.00. The largest absolute Gasteiger partial charge is 0.282 e. The zero-order valence-corrected chi connectivity index (χ0v) is 10.4. The van der Waals surface area contributed by atoms with E-state index >= 15 is 0 Å². The molecule has 2 heteroatoms. The van der Waals surface area contributed by atoms with Gasteiger partial charge in [-0.25, -0.2) is 0 Å². The lowest BCUT2D eigenvalue weighted by Crippen LogP contribution is -2.07. The molecule has 0 aromatic heterocycles. The summed E-state index contributed by atoms with van der Waals surface area (Å²) in [6, 6.07) is 9.46. The molecule has 0 aliphatic carbocycles. The number of rotatable bonds is 3. The fourth-order valence-electron chi connectivity index (χ4n) is 1.11. The van der Waals surface area contributed by atoms with Crippen LogP contribution in [0.1, 0.15) is 37.6 Å². The standard InChI is InChI=1S/C13H18OS/c1-13(2,3)9-10-15-12(14)11-7-5-4-6-8-11/h4-8H,9-10H2,1-3H3. The summed E-state index contributed by atoms with van der Waals surface area (Å²) in [4.78, 5) is 11.7. The zero-order valence-electron chi connectivity index (χ0n) is 9.62. The van der Waals surface area contributed by atoms with Gasteiger partial charge in [-0.3, -0.25) is 4.79 Å². The third-order valence-corrected chi connectivity index (χ3v) is 3.00. The lowest BCUT2D eigenvalue weighted by Gasteiger charge is -2.16. The molecule has 0 N–H and O–H groups in total. The van der Waals surface area contributed by atoms with Gasteiger partial charge in [0.1, 0.15) is 0 Å². The molecule has 1 aromatic carbocycles. The lowest BCUT2D eigenvalue weighted by atomic mass is 9.94. The van der Waals surface area contributed by atoms with Crippen molar-refractivity contribution in [1.82, 2.24) is 0 Å². The fourth-order valence-corrected chi connectivity index (χ4v) is 2.31. The average Bonchev–Trinajstić information content (AvgIpc) is 2.17. The molecule has 0 saturated heterocycles. The van der Waals surface area contributed by atoms with Crippen molar-refractivity contribution < 1.29 is 4.79 Å². The highest BCUT2D eigenvalue weighted by Crippen LogP contribution is 2.23. The van der Waals surface area contributed by atoms with Crippen molar-refractivity contribution in [1.29, 1.82) is 0 Å². The summed E-state index contributed by atoms with van der Waals surface area (Å²) in [7, 11) is 0. The van der Waals surface area contributed by atoms with Gasteiger partial charge in [-0.15, -0.1) is 0 Å². The molecule has 0 saturated carbocycles. The van der Waals surface area contributed by atoms with E-state index in [1.54, 1.807) is 0 Å². The van der Waals surface area contributed by atoms with Gasteiger partial charge in [-0.05, 0) is 11.8 Å². The smallest absolute Gasteiger partial charge is 0.219 e. The Balaban J connectivity index is 2.38. The maximum Gasteiger partial charge on any atom is 0.219 e. The first-order chi connectivity index (χ1) is 6.99. The van der Waals surface area contributed by atoms with Crippen LogP contribution in [0.3, 0.4) is 0 Å². The molecule has 0 aliphatic rings. The summed E-state index contributed by atoms with van der Waals surface area (Å²) in [5.74, 6) is 0.900. The first kappa shape index (κ1) is 12.3. The van der Waals surface area contributed by atoms with E-state index in [9.17, 15) is 4.79 Å². The van der Waals surface area contributed by atoms with Gasteiger partial charge in [0.2, 0.25) is 5.12 Å². The monoisotopic (exact) mass is 222 g/mol. The van der Waals surface area contributed by atoms with Crippen LogP contribution in [0.2, 0.25) is 0 Å². The summed E-state index contributed by atoms with van der Waals surface area (Å²) >= 11 is 1.42. The van der Waals surface area contributed by atoms with Gasteiger partial charge in [-0.1, -0.05) is 62.9 Å². The molecule has 15 heavy (non-hydrogen) atoms. The molecular weight excluding hydrogens is 204 g/mol. The molecule has 0 spiro atoms. The minimum absolute atomic E-state index is 0.180. The van der Waals surface area contributed by atoms with E-state index in [2.05, 4.69) is 20.8 Å². The number of hydrogen-bond donors (Lipinski definition) is 0. The summed E-state index contributed by atoms with van der Waals surface area (Å²) in [5, 5.41) is 0.180. The molecule has 0 fully saturated rings. The van der Waals surface area contributed by atoms with Crippen molar-refractivity contribution >= 4 is 16.9 Å². The van der Waals surface area contributed by atoms with Crippen molar-refractivity contribution in [2.24, 2.45) is 5.41 Å². The minimum atomic E-state index is 0.180. The predicted molar refractivity (Wildman–Crippen MR) is 67.3 cm³/mol. The van der Waals surface area contributed by atoms with Crippen LogP contribution in [0.4, 0.5) is 0 Å². The Morgan fingerprint density at radius 3 is 2.33 bits per heavy atom. The first-order valence-corrected chi connectivity index (χ1v) is 6.20. The summed E-state index contributed by atoms with van der Waals surface area (Å²) < 4.78 is 0. The highest BCUT2D eigenvalue weighted by Gasteiger charge is 2.12. The van der Waals surface area contributed by atoms with E-state index in [1.807, 2.05) is 30.3 Å². The molecule has 1 nitrogen and oxygen atoms in total. The van der Waals surface area contributed by atoms with Gasteiger partial charge < -0.3 is 0 Å². The summed E-state index contributed by atoms with van der Waals surface area (Å²) in [6.45, 7) is 6.58. The second kappa shape index (κ2) is 5.36. The molecule has 0 unspecified atom stereocenters. The molecule has 0 atom stereocenters. The Morgan fingerprint density at radius 1 is 1.20 bits per heavy atom. The van der Waals surface area contributed by atoms with E-state index < -0.39 is 0 Å². The van der Waals surface area contributed by atoms with Crippen molar-refractivity contribution in [2.75, 3.05) is 5.75 Å². The summed E-state index contributed by atoms with van der Waals surface area (Å²) in [5.41, 5.74) is 1.11. The summed E-state index contributed by atoms with van der Waals surface area (Å²) in [6.07, 6.45) is 1.07. The van der Waals surface area contributed by atoms with Gasteiger partial charge in [-0.2, -0.15) is 0 Å². The maximum absolute atomic E-state index is 11.7. The number of carbonyl (C=O) groups is 1. The molecule has 0 aliphatic heterocycles. The van der Waals surface area contributed by atoms with Crippen LogP contribution in [0.25, 0.3) is 0 Å². The highest BCUT2D eigenvalue weighted by atomic mass is 32.2. The van der Waals surface area contributed by atoms with Crippen LogP contribution in [-0.4, -0.2) is 10.9 Å². The normalized spacial score (nSPS) is 11.4. The van der Waals surface area contributed by atoms with E-state index in [1.165, 1.54) is 11.8 Å². The van der Waals surface area contributed by atoms with E-state index in [4.69, 9.17) is 0 Å². The molecule has 0 amide bonds. The number of hydrogen-bond acceptors (Lipinski definition) is 2. The number of thioether (sulfide) groups is 1. The first-order valence-electron chi connectivity index (χ1n) is 5.21. The van der Waals surface area contributed by atoms with Crippen LogP contribution in [-0.2, 0) is 0 Å². The zero-order chi connectivity index (χ0) is 11.3. The topological polar surface area (TPSA) is 17.1 Å². The fraction of sp³-hybridized carbons (Fsp3) is 0.462. The van der Waals surface area contributed by atoms with Crippen molar-refractivity contribution in [3.63, 3.8) is 0 Å². The third-order valence-electron chi connectivity index (χ3n) is 2.09. The molecule has 1 aromatic rings. The number of carbonyl (C=O) groups excluding carboxylic acids is 1. The Hall–Kier alpha value is -0.760. The van der Waals surface area contributed by atoms with E-state index in [0.29, 0.717) is 5.41 Å². The van der Waals surface area contributed by atoms with Gasteiger partial charge >= 0.3 is 0 Å². The Kier molecular flexibility index (Phi) is 4.40. The van der Waals surface area contributed by atoms with Crippen molar-refractivity contribution in [2.45, 2.75) is 27.2 Å². The van der Waals surface area contributed by atoms with E-state index in [0.717, 1.165) is 17.7 Å². The van der Waals surface area contributed by atoms with Gasteiger partial charge in [0.25, 0.3) is 0 Å². The average molecular weight is 222 g/mol. The van der Waals surface area contributed by atoms with Crippen LogP contribution in [0.5, 0.6) is 0 Å². The van der Waals surface area contributed by atoms with Crippen LogP contribution >= 0.6 is 11.8 Å². The molecule has 0 heterocycles. The Bertz CT molecular complexity index is 311. The molecule has 0 radical (unpaired) electrons. The van der Waals surface area contributed by atoms with Crippen LogP contribution < -0.4 is 0 Å². The van der Waals surface area contributed by atoms with Crippen LogP contribution in [0.15, 0.2) is 30.3 Å². The molecular formula is C13H18OS. The Morgan fingerprint density at radius 2 is 1.80 bits per heavy atom. The maximum atomic E-state index is 11.7. The molecule has 0 bridgehead atoms. The van der Waals surface area contributed by atoms with Crippen LogP contribution in [0, 0.1) is 5.41 Å². The highest BCUT2D eigenvalue weighted by molar-refractivity contribution is 8.14. The third kappa shape index (κ3) is 5.03. The Labute approximate surface area is 96.3 Å². The quantitative estimate of drug-likeness (QED) is 0.769. The SMILES string of the molecule is CC(C)(C)CCSC(=O)c1ccccc1. The molecule has 1 rings (SSSR count).